The third kappa shape index (κ3) is 3.01. The molecule has 1 amide bonds. The van der Waals surface area contributed by atoms with E-state index in [9.17, 15) is 9.90 Å². The molecule has 0 aromatic rings. The molecule has 1 aliphatic carbocycles. The first-order valence-corrected chi connectivity index (χ1v) is 8.18. The van der Waals surface area contributed by atoms with Gasteiger partial charge in [0.25, 0.3) is 0 Å². The SMILES string of the molecule is CCC1(O)CCOC2(CCN(C(=O)CC3CC3)CC2)C1. The van der Waals surface area contributed by atoms with Crippen molar-refractivity contribution in [2.75, 3.05) is 19.7 Å². The van der Waals surface area contributed by atoms with E-state index in [2.05, 4.69) is 0 Å². The lowest BCUT2D eigenvalue weighted by atomic mass is 9.76. The monoisotopic (exact) mass is 281 g/mol. The average molecular weight is 281 g/mol. The molecule has 0 radical (unpaired) electrons. The highest BCUT2D eigenvalue weighted by Crippen LogP contribution is 2.41. The summed E-state index contributed by atoms with van der Waals surface area (Å²) in [7, 11) is 0. The summed E-state index contributed by atoms with van der Waals surface area (Å²) < 4.78 is 6.03. The van der Waals surface area contributed by atoms with E-state index >= 15 is 0 Å². The summed E-state index contributed by atoms with van der Waals surface area (Å²) in [6.45, 7) is 4.30. The minimum absolute atomic E-state index is 0.181. The van der Waals surface area contributed by atoms with Gasteiger partial charge in [0.2, 0.25) is 5.91 Å². The average Bonchev–Trinajstić information content (AvgIpc) is 3.23. The lowest BCUT2D eigenvalue weighted by Crippen LogP contribution is -2.55. The summed E-state index contributed by atoms with van der Waals surface area (Å²) in [6, 6.07) is 0. The number of carbonyl (C=O) groups is 1. The van der Waals surface area contributed by atoms with Gasteiger partial charge in [-0.05, 0) is 44.4 Å². The number of rotatable bonds is 3. The molecule has 1 spiro atoms. The smallest absolute Gasteiger partial charge is 0.222 e. The molecule has 0 aromatic heterocycles. The zero-order valence-corrected chi connectivity index (χ0v) is 12.6. The van der Waals surface area contributed by atoms with E-state index in [0.29, 0.717) is 18.4 Å². The molecule has 1 atom stereocenters. The van der Waals surface area contributed by atoms with Gasteiger partial charge in [-0.3, -0.25) is 4.79 Å². The summed E-state index contributed by atoms with van der Waals surface area (Å²) >= 11 is 0. The van der Waals surface area contributed by atoms with Gasteiger partial charge in [0, 0.05) is 25.9 Å². The number of piperidine rings is 1. The van der Waals surface area contributed by atoms with Crippen molar-refractivity contribution >= 4 is 5.91 Å². The molecule has 0 bridgehead atoms. The van der Waals surface area contributed by atoms with Crippen molar-refractivity contribution in [2.45, 2.75) is 69.5 Å². The molecule has 1 saturated carbocycles. The summed E-state index contributed by atoms with van der Waals surface area (Å²) in [5, 5.41) is 10.5. The Balaban J connectivity index is 1.55. The van der Waals surface area contributed by atoms with Crippen molar-refractivity contribution in [3.63, 3.8) is 0 Å². The maximum absolute atomic E-state index is 12.1. The van der Waals surface area contributed by atoms with Crippen LogP contribution in [0.25, 0.3) is 0 Å². The first-order chi connectivity index (χ1) is 9.54. The van der Waals surface area contributed by atoms with E-state index in [1.165, 1.54) is 12.8 Å². The van der Waals surface area contributed by atoms with Crippen LogP contribution < -0.4 is 0 Å². The van der Waals surface area contributed by atoms with Gasteiger partial charge in [-0.2, -0.15) is 0 Å². The number of ether oxygens (including phenoxy) is 1. The Morgan fingerprint density at radius 2 is 2.00 bits per heavy atom. The molecular formula is C16H27NO3. The van der Waals surface area contributed by atoms with E-state index in [-0.39, 0.29) is 5.60 Å². The number of likely N-dealkylation sites (tertiary alicyclic amines) is 1. The van der Waals surface area contributed by atoms with Crippen LogP contribution in [0.2, 0.25) is 0 Å². The van der Waals surface area contributed by atoms with Crippen LogP contribution in [-0.4, -0.2) is 46.8 Å². The zero-order chi connectivity index (χ0) is 14.2. The Hall–Kier alpha value is -0.610. The number of nitrogens with zero attached hydrogens (tertiary/aromatic N) is 1. The van der Waals surface area contributed by atoms with Crippen molar-refractivity contribution in [1.82, 2.24) is 4.90 Å². The maximum Gasteiger partial charge on any atom is 0.222 e. The number of aliphatic hydroxyl groups is 1. The molecule has 114 valence electrons. The van der Waals surface area contributed by atoms with Crippen LogP contribution in [0.1, 0.15) is 58.3 Å². The van der Waals surface area contributed by atoms with E-state index in [0.717, 1.165) is 51.6 Å². The summed E-state index contributed by atoms with van der Waals surface area (Å²) in [5.41, 5.74) is -0.738. The molecule has 0 aromatic carbocycles. The first-order valence-electron chi connectivity index (χ1n) is 8.18. The number of amides is 1. The van der Waals surface area contributed by atoms with E-state index in [1.54, 1.807) is 0 Å². The Morgan fingerprint density at radius 1 is 1.30 bits per heavy atom. The zero-order valence-electron chi connectivity index (χ0n) is 12.6. The second-order valence-corrected chi connectivity index (χ2v) is 7.06. The summed E-state index contributed by atoms with van der Waals surface area (Å²) in [4.78, 5) is 14.1. The minimum atomic E-state index is -0.557. The van der Waals surface area contributed by atoms with Gasteiger partial charge in [-0.25, -0.2) is 0 Å². The normalized spacial score (nSPS) is 33.4. The van der Waals surface area contributed by atoms with Crippen LogP contribution in [0.3, 0.4) is 0 Å². The Morgan fingerprint density at radius 3 is 2.60 bits per heavy atom. The molecule has 4 heteroatoms. The van der Waals surface area contributed by atoms with Crippen molar-refractivity contribution in [3.8, 4) is 0 Å². The largest absolute Gasteiger partial charge is 0.390 e. The van der Waals surface area contributed by atoms with Crippen LogP contribution >= 0.6 is 0 Å². The molecule has 3 rings (SSSR count). The predicted octanol–water partition coefficient (Wildman–Crippen LogP) is 2.10. The highest BCUT2D eigenvalue weighted by molar-refractivity contribution is 5.76. The fourth-order valence-electron chi connectivity index (χ4n) is 3.68. The topological polar surface area (TPSA) is 49.8 Å². The predicted molar refractivity (Wildman–Crippen MR) is 76.3 cm³/mol. The number of carbonyl (C=O) groups excluding carboxylic acids is 1. The third-order valence-corrected chi connectivity index (χ3v) is 5.47. The molecule has 1 N–H and O–H groups in total. The maximum atomic E-state index is 12.1. The van der Waals surface area contributed by atoms with E-state index in [1.807, 2.05) is 11.8 Å². The van der Waals surface area contributed by atoms with Crippen molar-refractivity contribution < 1.29 is 14.6 Å². The second-order valence-electron chi connectivity index (χ2n) is 7.06. The highest BCUT2D eigenvalue weighted by atomic mass is 16.5. The molecule has 1 unspecified atom stereocenters. The molecule has 4 nitrogen and oxygen atoms in total. The molecule has 3 fully saturated rings. The van der Waals surface area contributed by atoms with Gasteiger partial charge in [0.15, 0.2) is 0 Å². The second kappa shape index (κ2) is 5.30. The molecule has 2 saturated heterocycles. The Kier molecular flexibility index (Phi) is 3.80. The lowest BCUT2D eigenvalue weighted by Gasteiger charge is -2.49. The van der Waals surface area contributed by atoms with Crippen LogP contribution in [0.15, 0.2) is 0 Å². The number of hydrogen-bond acceptors (Lipinski definition) is 3. The molecule has 3 aliphatic rings. The lowest BCUT2D eigenvalue weighted by molar-refractivity contribution is -0.181. The molecular weight excluding hydrogens is 254 g/mol. The molecule has 2 heterocycles. The fraction of sp³-hybridized carbons (Fsp3) is 0.938. The third-order valence-electron chi connectivity index (χ3n) is 5.47. The number of hydrogen-bond donors (Lipinski definition) is 1. The Bertz CT molecular complexity index is 372. The summed E-state index contributed by atoms with van der Waals surface area (Å²) in [6.07, 6.45) is 7.25. The van der Waals surface area contributed by atoms with Crippen molar-refractivity contribution in [1.29, 1.82) is 0 Å². The van der Waals surface area contributed by atoms with Crippen LogP contribution in [-0.2, 0) is 9.53 Å². The quantitative estimate of drug-likeness (QED) is 0.862. The van der Waals surface area contributed by atoms with Gasteiger partial charge in [0.1, 0.15) is 0 Å². The molecule has 2 aliphatic heterocycles. The highest BCUT2D eigenvalue weighted by Gasteiger charge is 2.46. The molecule has 20 heavy (non-hydrogen) atoms. The van der Waals surface area contributed by atoms with Gasteiger partial charge < -0.3 is 14.7 Å². The first kappa shape index (κ1) is 14.3. The van der Waals surface area contributed by atoms with Crippen LogP contribution in [0.5, 0.6) is 0 Å². The fourth-order valence-corrected chi connectivity index (χ4v) is 3.68. The van der Waals surface area contributed by atoms with E-state index in [4.69, 9.17) is 4.74 Å². The van der Waals surface area contributed by atoms with Crippen molar-refractivity contribution in [2.24, 2.45) is 5.92 Å². The standard InChI is InChI=1S/C16H27NO3/c1-2-15(19)7-10-20-16(12-15)5-8-17(9-6-16)14(18)11-13-3-4-13/h13,19H,2-12H2,1H3. The van der Waals surface area contributed by atoms with Crippen LogP contribution in [0.4, 0.5) is 0 Å². The van der Waals surface area contributed by atoms with Crippen LogP contribution in [0, 0.1) is 5.92 Å². The van der Waals surface area contributed by atoms with E-state index < -0.39 is 5.60 Å². The van der Waals surface area contributed by atoms with Gasteiger partial charge in [-0.1, -0.05) is 6.92 Å². The van der Waals surface area contributed by atoms with Crippen molar-refractivity contribution in [3.05, 3.63) is 0 Å². The van der Waals surface area contributed by atoms with Gasteiger partial charge in [-0.15, -0.1) is 0 Å². The van der Waals surface area contributed by atoms with Gasteiger partial charge in [0.05, 0.1) is 17.8 Å². The van der Waals surface area contributed by atoms with Gasteiger partial charge >= 0.3 is 0 Å². The Labute approximate surface area is 121 Å². The summed E-state index contributed by atoms with van der Waals surface area (Å²) in [5.74, 6) is 0.985. The minimum Gasteiger partial charge on any atom is -0.390 e.